The zero-order chi connectivity index (χ0) is 18.8. The third kappa shape index (κ3) is 3.60. The molecule has 3 aromatic rings. The van der Waals surface area contributed by atoms with Crippen molar-refractivity contribution in [3.63, 3.8) is 0 Å². The molecule has 0 atom stereocenters. The number of rotatable bonds is 5. The van der Waals surface area contributed by atoms with Crippen LogP contribution in [0.1, 0.15) is 18.1 Å². The summed E-state index contributed by atoms with van der Waals surface area (Å²) in [6.07, 6.45) is 4.08. The third-order valence-corrected chi connectivity index (χ3v) is 4.54. The van der Waals surface area contributed by atoms with Gasteiger partial charge in [0.05, 0.1) is 13.7 Å². The molecule has 0 aliphatic carbocycles. The first-order valence-corrected chi connectivity index (χ1v) is 8.89. The van der Waals surface area contributed by atoms with Crippen molar-refractivity contribution in [3.8, 4) is 28.7 Å². The smallest absolute Gasteiger partial charge is 0.203 e. The molecule has 6 nitrogen and oxygen atoms in total. The molecule has 0 fully saturated rings. The van der Waals surface area contributed by atoms with Crippen molar-refractivity contribution >= 4 is 23.2 Å². The Balaban J connectivity index is 0.00000225. The second-order valence-electron chi connectivity index (χ2n) is 6.24. The summed E-state index contributed by atoms with van der Waals surface area (Å²) in [6, 6.07) is 7.65. The molecule has 2 aromatic carbocycles. The molecule has 0 radical (unpaired) electrons. The maximum Gasteiger partial charge on any atom is 0.203 e. The highest BCUT2D eigenvalue weighted by atomic mass is 35.5. The normalized spacial score (nSPS) is 12.4. The number of phenols is 1. The van der Waals surface area contributed by atoms with E-state index in [0.29, 0.717) is 54.6 Å². The van der Waals surface area contributed by atoms with E-state index >= 15 is 0 Å². The Bertz CT molecular complexity index is 975. The molecule has 28 heavy (non-hydrogen) atoms. The number of hydrogen-bond donors (Lipinski definition) is 1. The van der Waals surface area contributed by atoms with Crippen LogP contribution in [0.25, 0.3) is 10.8 Å². The maximum atomic E-state index is 10.5. The lowest BCUT2D eigenvalue weighted by atomic mass is 9.99. The van der Waals surface area contributed by atoms with Crippen LogP contribution in [0.5, 0.6) is 28.7 Å². The fourth-order valence-corrected chi connectivity index (χ4v) is 3.33. The number of fused-ring (bicyclic) bond motifs is 2. The molecule has 0 amide bonds. The van der Waals surface area contributed by atoms with Crippen molar-refractivity contribution in [3.05, 3.63) is 47.8 Å². The van der Waals surface area contributed by atoms with E-state index in [1.807, 2.05) is 31.3 Å². The first-order valence-electron chi connectivity index (χ1n) is 8.89. The minimum Gasteiger partial charge on any atom is -0.504 e. The quantitative estimate of drug-likeness (QED) is 0.690. The monoisotopic (exact) mass is 403 g/mol. The molecular formula is C21H22ClNO5. The van der Waals surface area contributed by atoms with Gasteiger partial charge in [-0.3, -0.25) is 4.98 Å². The molecule has 0 saturated heterocycles. The van der Waals surface area contributed by atoms with Gasteiger partial charge < -0.3 is 24.1 Å². The molecule has 1 N–H and O–H groups in total. The van der Waals surface area contributed by atoms with E-state index in [-0.39, 0.29) is 18.2 Å². The molecule has 7 heteroatoms. The minimum atomic E-state index is 0. The van der Waals surface area contributed by atoms with Crippen LogP contribution >= 0.6 is 12.4 Å². The van der Waals surface area contributed by atoms with Gasteiger partial charge in [0.15, 0.2) is 23.0 Å². The summed E-state index contributed by atoms with van der Waals surface area (Å²) < 4.78 is 22.3. The van der Waals surface area contributed by atoms with Crippen molar-refractivity contribution in [2.24, 2.45) is 0 Å². The third-order valence-electron chi connectivity index (χ3n) is 4.54. The first-order chi connectivity index (χ1) is 13.2. The Morgan fingerprint density at radius 1 is 1.07 bits per heavy atom. The van der Waals surface area contributed by atoms with E-state index < -0.39 is 0 Å². The van der Waals surface area contributed by atoms with Crippen LogP contribution in [-0.2, 0) is 6.42 Å². The Hall–Kier alpha value is -2.86. The van der Waals surface area contributed by atoms with E-state index in [1.165, 1.54) is 0 Å². The minimum absolute atomic E-state index is 0. The molecule has 0 saturated carbocycles. The summed E-state index contributed by atoms with van der Waals surface area (Å²) in [6.45, 7) is 3.40. The Morgan fingerprint density at radius 3 is 2.68 bits per heavy atom. The topological polar surface area (TPSA) is 70.0 Å². The predicted octanol–water partition coefficient (Wildman–Crippen LogP) is 4.13. The van der Waals surface area contributed by atoms with Gasteiger partial charge in [-0.1, -0.05) is 6.07 Å². The fraction of sp³-hybridized carbons (Fsp3) is 0.286. The summed E-state index contributed by atoms with van der Waals surface area (Å²) in [5.74, 6) is 2.55. The van der Waals surface area contributed by atoms with E-state index in [2.05, 4.69) is 4.98 Å². The molecule has 0 unspecified atom stereocenters. The van der Waals surface area contributed by atoms with Gasteiger partial charge in [0.2, 0.25) is 5.75 Å². The average Bonchev–Trinajstić information content (AvgIpc) is 2.70. The van der Waals surface area contributed by atoms with Crippen LogP contribution in [0.2, 0.25) is 0 Å². The molecule has 1 aliphatic rings. The van der Waals surface area contributed by atoms with Crippen LogP contribution in [0, 0.1) is 0 Å². The number of ether oxygens (including phenoxy) is 4. The number of hydrogen-bond acceptors (Lipinski definition) is 6. The molecule has 1 aliphatic heterocycles. The number of phenolic OH excluding ortho intramolecular Hbond substituents is 1. The van der Waals surface area contributed by atoms with Gasteiger partial charge in [0.25, 0.3) is 0 Å². The van der Waals surface area contributed by atoms with E-state index in [9.17, 15) is 5.11 Å². The standard InChI is InChI=1S/C21H21NO5.ClH/c1-3-25-17-5-4-15-14(11-22-12-16(15)20(17)23)8-13-9-18(24-2)21-19(10-13)26-6-7-27-21;/h4-5,9-12,23H,3,6-8H2,1-2H3;1H. The second-order valence-corrected chi connectivity index (χ2v) is 6.24. The summed E-state index contributed by atoms with van der Waals surface area (Å²) in [7, 11) is 1.62. The molecular weight excluding hydrogens is 382 g/mol. The van der Waals surface area contributed by atoms with E-state index in [4.69, 9.17) is 18.9 Å². The molecule has 148 valence electrons. The lowest BCUT2D eigenvalue weighted by Crippen LogP contribution is -2.16. The number of benzene rings is 2. The van der Waals surface area contributed by atoms with Gasteiger partial charge >= 0.3 is 0 Å². The highest BCUT2D eigenvalue weighted by Gasteiger charge is 2.19. The number of pyridine rings is 1. The van der Waals surface area contributed by atoms with Crippen molar-refractivity contribution in [1.82, 2.24) is 4.98 Å². The summed E-state index contributed by atoms with van der Waals surface area (Å²) in [5.41, 5.74) is 2.00. The highest BCUT2D eigenvalue weighted by Crippen LogP contribution is 2.41. The number of nitrogens with zero attached hydrogens (tertiary/aromatic N) is 1. The van der Waals surface area contributed by atoms with Gasteiger partial charge in [-0.05, 0) is 48.1 Å². The fourth-order valence-electron chi connectivity index (χ4n) is 3.33. The largest absolute Gasteiger partial charge is 0.504 e. The van der Waals surface area contributed by atoms with Crippen LogP contribution in [0.15, 0.2) is 36.7 Å². The number of aromatic nitrogens is 1. The molecule has 4 rings (SSSR count). The number of aromatic hydroxyl groups is 1. The zero-order valence-electron chi connectivity index (χ0n) is 15.7. The SMILES string of the molecule is CCOc1ccc2c(Cc3cc(OC)c4c(c3)OCCO4)cncc2c1O.Cl. The molecule has 1 aromatic heterocycles. The average molecular weight is 404 g/mol. The van der Waals surface area contributed by atoms with Crippen LogP contribution in [-0.4, -0.2) is 37.0 Å². The Labute approximate surface area is 169 Å². The lowest BCUT2D eigenvalue weighted by molar-refractivity contribution is 0.165. The van der Waals surface area contributed by atoms with Crippen molar-refractivity contribution in [1.29, 1.82) is 0 Å². The van der Waals surface area contributed by atoms with Crippen molar-refractivity contribution in [2.45, 2.75) is 13.3 Å². The molecule has 0 spiro atoms. The second kappa shape index (κ2) is 8.44. The lowest BCUT2D eigenvalue weighted by Gasteiger charge is -2.21. The van der Waals surface area contributed by atoms with Crippen LogP contribution in [0.3, 0.4) is 0 Å². The van der Waals surface area contributed by atoms with E-state index in [1.54, 1.807) is 19.4 Å². The Morgan fingerprint density at radius 2 is 1.89 bits per heavy atom. The number of halogens is 1. The summed E-state index contributed by atoms with van der Waals surface area (Å²) in [5, 5.41) is 12.1. The van der Waals surface area contributed by atoms with Crippen LogP contribution < -0.4 is 18.9 Å². The Kier molecular flexibility index (Phi) is 5.99. The molecule has 0 bridgehead atoms. The first kappa shape index (κ1) is 19.9. The van der Waals surface area contributed by atoms with Crippen molar-refractivity contribution in [2.75, 3.05) is 26.9 Å². The maximum absolute atomic E-state index is 10.5. The van der Waals surface area contributed by atoms with Gasteiger partial charge in [-0.15, -0.1) is 12.4 Å². The predicted molar refractivity (Wildman–Crippen MR) is 109 cm³/mol. The highest BCUT2D eigenvalue weighted by molar-refractivity contribution is 5.92. The van der Waals surface area contributed by atoms with Gasteiger partial charge in [0.1, 0.15) is 13.2 Å². The summed E-state index contributed by atoms with van der Waals surface area (Å²) >= 11 is 0. The van der Waals surface area contributed by atoms with Crippen LogP contribution in [0.4, 0.5) is 0 Å². The van der Waals surface area contributed by atoms with Gasteiger partial charge in [-0.2, -0.15) is 0 Å². The molecule has 2 heterocycles. The van der Waals surface area contributed by atoms with Gasteiger partial charge in [0, 0.05) is 17.8 Å². The van der Waals surface area contributed by atoms with Gasteiger partial charge in [-0.25, -0.2) is 0 Å². The number of methoxy groups -OCH3 is 1. The zero-order valence-corrected chi connectivity index (χ0v) is 16.5. The van der Waals surface area contributed by atoms with Crippen molar-refractivity contribution < 1.29 is 24.1 Å². The summed E-state index contributed by atoms with van der Waals surface area (Å²) in [4.78, 5) is 4.30. The van der Waals surface area contributed by atoms with E-state index in [0.717, 1.165) is 16.5 Å².